The summed E-state index contributed by atoms with van der Waals surface area (Å²) in [5.41, 5.74) is 2.61. The summed E-state index contributed by atoms with van der Waals surface area (Å²) in [5.74, 6) is -0.240. The van der Waals surface area contributed by atoms with Gasteiger partial charge in [-0.25, -0.2) is 4.39 Å². The molecule has 0 unspecified atom stereocenters. The zero-order valence-corrected chi connectivity index (χ0v) is 16.6. The summed E-state index contributed by atoms with van der Waals surface area (Å²) in [6, 6.07) is 15.9. The Hall–Kier alpha value is -2.64. The van der Waals surface area contributed by atoms with Crippen LogP contribution in [0.3, 0.4) is 0 Å². The molecule has 2 aromatic carbocycles. The summed E-state index contributed by atoms with van der Waals surface area (Å²) >= 11 is 2.86. The van der Waals surface area contributed by atoms with E-state index in [0.717, 1.165) is 5.56 Å². The Balaban J connectivity index is 1.61. The minimum atomic E-state index is -0.335. The fourth-order valence-corrected chi connectivity index (χ4v) is 4.84. The number of carbonyl (C=O) groups is 2. The molecule has 1 aliphatic rings. The molecule has 7 heteroatoms. The quantitative estimate of drug-likeness (QED) is 0.639. The van der Waals surface area contributed by atoms with Gasteiger partial charge in [0.15, 0.2) is 0 Å². The zero-order chi connectivity index (χ0) is 19.7. The molecule has 0 saturated carbocycles. The van der Waals surface area contributed by atoms with Crippen LogP contribution in [0.5, 0.6) is 0 Å². The molecule has 0 bridgehead atoms. The smallest absolute Gasteiger partial charge is 0.265 e. The van der Waals surface area contributed by atoms with Gasteiger partial charge in [0.25, 0.3) is 5.91 Å². The van der Waals surface area contributed by atoms with Gasteiger partial charge in [-0.15, -0.1) is 23.1 Å². The molecular formula is C21H17FN2O2S2. The van der Waals surface area contributed by atoms with E-state index in [-0.39, 0.29) is 23.0 Å². The first kappa shape index (κ1) is 18.7. The summed E-state index contributed by atoms with van der Waals surface area (Å²) in [5, 5.41) is 4.47. The third-order valence-electron chi connectivity index (χ3n) is 4.48. The maximum Gasteiger partial charge on any atom is 0.265 e. The lowest BCUT2D eigenvalue weighted by atomic mass is 10.1. The van der Waals surface area contributed by atoms with Crippen molar-refractivity contribution >= 4 is 46.3 Å². The Morgan fingerprint density at radius 2 is 2.04 bits per heavy atom. The number of halogens is 1. The number of thioether (sulfide) groups is 1. The molecule has 4 nitrogen and oxygen atoms in total. The Kier molecular flexibility index (Phi) is 5.19. The van der Waals surface area contributed by atoms with Crippen LogP contribution in [-0.2, 0) is 4.79 Å². The summed E-state index contributed by atoms with van der Waals surface area (Å²) in [4.78, 5) is 27.0. The first-order valence-corrected chi connectivity index (χ1v) is 10.6. The molecule has 2 heterocycles. The molecule has 0 aliphatic carbocycles. The first-order chi connectivity index (χ1) is 13.5. The van der Waals surface area contributed by atoms with Gasteiger partial charge in [0.1, 0.15) is 11.2 Å². The Morgan fingerprint density at radius 1 is 1.18 bits per heavy atom. The third-order valence-corrected chi connectivity index (χ3v) is 6.56. The average molecular weight is 413 g/mol. The number of hydrogen-bond donors (Lipinski definition) is 1. The minimum absolute atomic E-state index is 0.0636. The van der Waals surface area contributed by atoms with Crippen LogP contribution in [0.1, 0.15) is 26.2 Å². The van der Waals surface area contributed by atoms with Gasteiger partial charge in [-0.1, -0.05) is 24.3 Å². The molecule has 1 saturated heterocycles. The van der Waals surface area contributed by atoms with Gasteiger partial charge >= 0.3 is 0 Å². The van der Waals surface area contributed by atoms with Crippen molar-refractivity contribution in [3.63, 3.8) is 0 Å². The van der Waals surface area contributed by atoms with Gasteiger partial charge in [-0.2, -0.15) is 0 Å². The van der Waals surface area contributed by atoms with Crippen molar-refractivity contribution in [1.29, 1.82) is 0 Å². The molecule has 0 radical (unpaired) electrons. The van der Waals surface area contributed by atoms with Gasteiger partial charge in [0, 0.05) is 11.4 Å². The monoisotopic (exact) mass is 412 g/mol. The Morgan fingerprint density at radius 3 is 2.79 bits per heavy atom. The minimum Gasteiger partial charge on any atom is -0.321 e. The maximum absolute atomic E-state index is 14.0. The van der Waals surface area contributed by atoms with Crippen LogP contribution in [-0.4, -0.2) is 17.6 Å². The van der Waals surface area contributed by atoms with Crippen molar-refractivity contribution in [3.8, 4) is 0 Å². The van der Waals surface area contributed by atoms with Crippen molar-refractivity contribution in [2.75, 3.05) is 16.0 Å². The molecule has 142 valence electrons. The van der Waals surface area contributed by atoms with Gasteiger partial charge in [0.2, 0.25) is 5.91 Å². The second kappa shape index (κ2) is 7.77. The van der Waals surface area contributed by atoms with Crippen LogP contribution in [0.2, 0.25) is 0 Å². The standard InChI is InChI=1S/C21H17FN2O2S2/c1-13-7-8-16(11-17(13)22)24-19(25)12-28-21(24)14-4-2-5-15(10-14)23-20(26)18-6-3-9-27-18/h2-11,21H,12H2,1H3,(H,23,26)/t21-/m1/s1. The average Bonchev–Trinajstić information content (AvgIpc) is 3.34. The second-order valence-corrected chi connectivity index (χ2v) is 8.43. The number of benzene rings is 2. The largest absolute Gasteiger partial charge is 0.321 e. The molecule has 0 spiro atoms. The van der Waals surface area contributed by atoms with E-state index >= 15 is 0 Å². The lowest BCUT2D eigenvalue weighted by Crippen LogP contribution is -2.28. The molecule has 1 aliphatic heterocycles. The molecular weight excluding hydrogens is 395 g/mol. The van der Waals surface area contributed by atoms with Crippen molar-refractivity contribution in [2.24, 2.45) is 0 Å². The van der Waals surface area contributed by atoms with E-state index in [9.17, 15) is 14.0 Å². The number of amides is 2. The van der Waals surface area contributed by atoms with Crippen LogP contribution in [0, 0.1) is 12.7 Å². The van der Waals surface area contributed by atoms with E-state index in [2.05, 4.69) is 5.32 Å². The van der Waals surface area contributed by atoms with Gasteiger partial charge in [-0.05, 0) is 53.8 Å². The van der Waals surface area contributed by atoms with Crippen LogP contribution >= 0.6 is 23.1 Å². The summed E-state index contributed by atoms with van der Waals surface area (Å²) < 4.78 is 14.0. The van der Waals surface area contributed by atoms with Crippen LogP contribution in [0.25, 0.3) is 0 Å². The van der Waals surface area contributed by atoms with Crippen LogP contribution in [0.15, 0.2) is 60.0 Å². The third kappa shape index (κ3) is 3.68. The summed E-state index contributed by atoms with van der Waals surface area (Å²) in [6.45, 7) is 1.69. The maximum atomic E-state index is 14.0. The Bertz CT molecular complexity index is 1040. The fraction of sp³-hybridized carbons (Fsp3) is 0.143. The van der Waals surface area contributed by atoms with Crippen LogP contribution in [0.4, 0.5) is 15.8 Å². The number of rotatable bonds is 4. The number of aryl methyl sites for hydroxylation is 1. The van der Waals surface area contributed by atoms with Gasteiger partial charge < -0.3 is 5.32 Å². The van der Waals surface area contributed by atoms with E-state index in [1.165, 1.54) is 29.2 Å². The number of anilines is 2. The number of hydrogen-bond acceptors (Lipinski definition) is 4. The highest BCUT2D eigenvalue weighted by Gasteiger charge is 2.34. The van der Waals surface area contributed by atoms with Crippen LogP contribution < -0.4 is 10.2 Å². The molecule has 1 aromatic heterocycles. The first-order valence-electron chi connectivity index (χ1n) is 8.67. The summed E-state index contributed by atoms with van der Waals surface area (Å²) in [6.07, 6.45) is 0. The molecule has 1 N–H and O–H groups in total. The predicted molar refractivity (Wildman–Crippen MR) is 113 cm³/mol. The van der Waals surface area contributed by atoms with E-state index in [4.69, 9.17) is 0 Å². The molecule has 2 amide bonds. The van der Waals surface area contributed by atoms with Gasteiger partial charge in [-0.3, -0.25) is 14.5 Å². The summed E-state index contributed by atoms with van der Waals surface area (Å²) in [7, 11) is 0. The van der Waals surface area contributed by atoms with E-state index < -0.39 is 0 Å². The van der Waals surface area contributed by atoms with Crippen molar-refractivity contribution in [2.45, 2.75) is 12.3 Å². The highest BCUT2D eigenvalue weighted by Crippen LogP contribution is 2.42. The van der Waals surface area contributed by atoms with Crippen molar-refractivity contribution in [1.82, 2.24) is 0 Å². The zero-order valence-electron chi connectivity index (χ0n) is 15.0. The van der Waals surface area contributed by atoms with Gasteiger partial charge in [0.05, 0.1) is 10.6 Å². The second-order valence-electron chi connectivity index (χ2n) is 6.42. The molecule has 1 atom stereocenters. The highest BCUT2D eigenvalue weighted by atomic mass is 32.2. The van der Waals surface area contributed by atoms with Crippen molar-refractivity contribution < 1.29 is 14.0 Å². The number of thiophene rings is 1. The number of carbonyl (C=O) groups excluding carboxylic acids is 2. The fourth-order valence-electron chi connectivity index (χ4n) is 3.05. The highest BCUT2D eigenvalue weighted by molar-refractivity contribution is 8.00. The van der Waals surface area contributed by atoms with E-state index in [1.54, 1.807) is 30.0 Å². The van der Waals surface area contributed by atoms with E-state index in [0.29, 0.717) is 27.6 Å². The Labute approximate surface area is 170 Å². The molecule has 4 rings (SSSR count). The lowest BCUT2D eigenvalue weighted by Gasteiger charge is -2.25. The molecule has 1 fully saturated rings. The topological polar surface area (TPSA) is 49.4 Å². The normalized spacial score (nSPS) is 16.4. The number of nitrogens with zero attached hydrogens (tertiary/aromatic N) is 1. The molecule has 3 aromatic rings. The predicted octanol–water partition coefficient (Wildman–Crippen LogP) is 5.23. The lowest BCUT2D eigenvalue weighted by molar-refractivity contribution is -0.115. The van der Waals surface area contributed by atoms with E-state index in [1.807, 2.05) is 35.7 Å². The molecule has 28 heavy (non-hydrogen) atoms. The van der Waals surface area contributed by atoms with Crippen molar-refractivity contribution in [3.05, 3.63) is 81.8 Å². The number of nitrogens with one attached hydrogen (secondary N) is 1. The SMILES string of the molecule is Cc1ccc(N2C(=O)CS[C@@H]2c2cccc(NC(=O)c3cccs3)c2)cc1F.